The molecule has 0 unspecified atom stereocenters. The smallest absolute Gasteiger partial charge is 0.224 e. The SMILES string of the molecule is Cc1ccc(C)c(NC(=O)CCc2nnc3ccc(NCc4ccccc4)nn23)c1. The Kier molecular flexibility index (Phi) is 5.70. The summed E-state index contributed by atoms with van der Waals surface area (Å²) in [4.78, 5) is 12.4. The highest BCUT2D eigenvalue weighted by Gasteiger charge is 2.11. The lowest BCUT2D eigenvalue weighted by Crippen LogP contribution is -2.14. The van der Waals surface area contributed by atoms with Gasteiger partial charge in [0.05, 0.1) is 0 Å². The molecule has 2 heterocycles. The molecule has 2 aromatic carbocycles. The van der Waals surface area contributed by atoms with Crippen LogP contribution in [-0.4, -0.2) is 25.7 Å². The van der Waals surface area contributed by atoms with Gasteiger partial charge in [-0.3, -0.25) is 4.79 Å². The van der Waals surface area contributed by atoms with Crippen molar-refractivity contribution in [3.8, 4) is 0 Å². The Morgan fingerprint density at radius 2 is 1.83 bits per heavy atom. The van der Waals surface area contributed by atoms with Crippen LogP contribution in [0.2, 0.25) is 0 Å². The van der Waals surface area contributed by atoms with Crippen LogP contribution in [0.25, 0.3) is 5.65 Å². The van der Waals surface area contributed by atoms with E-state index in [0.29, 0.717) is 30.9 Å². The van der Waals surface area contributed by atoms with Gasteiger partial charge in [-0.15, -0.1) is 15.3 Å². The third-order valence-electron chi connectivity index (χ3n) is 4.89. The highest BCUT2D eigenvalue weighted by molar-refractivity contribution is 5.91. The first-order valence-corrected chi connectivity index (χ1v) is 9.95. The second kappa shape index (κ2) is 8.73. The number of amides is 1. The number of carbonyl (C=O) groups is 1. The number of anilines is 2. The van der Waals surface area contributed by atoms with E-state index in [1.807, 2.05) is 62.4 Å². The van der Waals surface area contributed by atoms with Crippen molar-refractivity contribution in [2.24, 2.45) is 0 Å². The van der Waals surface area contributed by atoms with E-state index in [-0.39, 0.29) is 5.91 Å². The van der Waals surface area contributed by atoms with Crippen LogP contribution in [0.1, 0.15) is 28.9 Å². The van der Waals surface area contributed by atoms with Gasteiger partial charge < -0.3 is 10.6 Å². The molecule has 0 radical (unpaired) electrons. The molecule has 152 valence electrons. The Morgan fingerprint density at radius 1 is 1.00 bits per heavy atom. The van der Waals surface area contributed by atoms with Crippen LogP contribution in [-0.2, 0) is 17.8 Å². The van der Waals surface area contributed by atoms with Crippen molar-refractivity contribution in [3.05, 3.63) is 83.2 Å². The molecule has 0 saturated heterocycles. The predicted molar refractivity (Wildman–Crippen MR) is 117 cm³/mol. The molecule has 1 amide bonds. The highest BCUT2D eigenvalue weighted by atomic mass is 16.1. The Balaban J connectivity index is 1.41. The van der Waals surface area contributed by atoms with Crippen molar-refractivity contribution in [3.63, 3.8) is 0 Å². The molecule has 0 bridgehead atoms. The lowest BCUT2D eigenvalue weighted by molar-refractivity contribution is -0.116. The second-order valence-electron chi connectivity index (χ2n) is 7.31. The Labute approximate surface area is 175 Å². The normalized spacial score (nSPS) is 10.9. The van der Waals surface area contributed by atoms with E-state index in [0.717, 1.165) is 22.6 Å². The van der Waals surface area contributed by atoms with Crippen LogP contribution in [0.15, 0.2) is 60.7 Å². The zero-order valence-electron chi connectivity index (χ0n) is 17.1. The van der Waals surface area contributed by atoms with Crippen molar-refractivity contribution in [1.82, 2.24) is 19.8 Å². The molecule has 2 aromatic heterocycles. The number of fused-ring (bicyclic) bond motifs is 1. The number of nitrogens with zero attached hydrogens (tertiary/aromatic N) is 4. The van der Waals surface area contributed by atoms with Crippen LogP contribution in [0.4, 0.5) is 11.5 Å². The molecule has 7 heteroatoms. The molecule has 0 aliphatic heterocycles. The first-order valence-electron chi connectivity index (χ1n) is 9.95. The van der Waals surface area contributed by atoms with Crippen LogP contribution >= 0.6 is 0 Å². The minimum Gasteiger partial charge on any atom is -0.365 e. The molecular weight excluding hydrogens is 376 g/mol. The number of benzene rings is 2. The van der Waals surface area contributed by atoms with Crippen LogP contribution < -0.4 is 10.6 Å². The quantitative estimate of drug-likeness (QED) is 0.491. The van der Waals surface area contributed by atoms with Crippen molar-refractivity contribution >= 4 is 23.1 Å². The zero-order valence-corrected chi connectivity index (χ0v) is 17.1. The number of rotatable bonds is 7. The van der Waals surface area contributed by atoms with Crippen molar-refractivity contribution in [1.29, 1.82) is 0 Å². The highest BCUT2D eigenvalue weighted by Crippen LogP contribution is 2.17. The molecule has 0 aliphatic rings. The molecule has 30 heavy (non-hydrogen) atoms. The average molecular weight is 400 g/mol. The minimum absolute atomic E-state index is 0.0567. The molecule has 2 N–H and O–H groups in total. The van der Waals surface area contributed by atoms with Gasteiger partial charge in [-0.1, -0.05) is 42.5 Å². The summed E-state index contributed by atoms with van der Waals surface area (Å²) in [7, 11) is 0. The average Bonchev–Trinajstić information content (AvgIpc) is 3.16. The van der Waals surface area contributed by atoms with Crippen molar-refractivity contribution in [2.45, 2.75) is 33.2 Å². The fraction of sp³-hybridized carbons (Fsp3) is 0.217. The molecule has 0 atom stereocenters. The lowest BCUT2D eigenvalue weighted by Gasteiger charge is -2.09. The lowest BCUT2D eigenvalue weighted by atomic mass is 10.1. The maximum absolute atomic E-state index is 12.4. The zero-order chi connectivity index (χ0) is 20.9. The van der Waals surface area contributed by atoms with Gasteiger partial charge in [0.25, 0.3) is 0 Å². The largest absolute Gasteiger partial charge is 0.365 e. The standard InChI is InChI=1S/C23H24N6O/c1-16-8-9-17(2)19(14-16)25-23(30)13-12-22-27-26-21-11-10-20(28-29(21)22)24-15-18-6-4-3-5-7-18/h3-11,14H,12-13,15H2,1-2H3,(H,24,28)(H,25,30). The van der Waals surface area contributed by atoms with E-state index >= 15 is 0 Å². The predicted octanol–water partition coefficient (Wildman–Crippen LogP) is 3.92. The van der Waals surface area contributed by atoms with E-state index in [9.17, 15) is 4.79 Å². The van der Waals surface area contributed by atoms with Gasteiger partial charge in [-0.2, -0.15) is 4.52 Å². The van der Waals surface area contributed by atoms with Gasteiger partial charge in [0.1, 0.15) is 5.82 Å². The summed E-state index contributed by atoms with van der Waals surface area (Å²) in [5.74, 6) is 1.33. The fourth-order valence-corrected chi connectivity index (χ4v) is 3.18. The van der Waals surface area contributed by atoms with Gasteiger partial charge >= 0.3 is 0 Å². The fourth-order valence-electron chi connectivity index (χ4n) is 3.18. The van der Waals surface area contributed by atoms with Gasteiger partial charge in [0, 0.05) is 25.1 Å². The summed E-state index contributed by atoms with van der Waals surface area (Å²) >= 11 is 0. The van der Waals surface area contributed by atoms with E-state index < -0.39 is 0 Å². The van der Waals surface area contributed by atoms with Gasteiger partial charge in [0.2, 0.25) is 5.91 Å². The van der Waals surface area contributed by atoms with E-state index in [1.54, 1.807) is 4.52 Å². The van der Waals surface area contributed by atoms with Gasteiger partial charge in [-0.05, 0) is 48.7 Å². The summed E-state index contributed by atoms with van der Waals surface area (Å²) in [5, 5.41) is 19.2. The van der Waals surface area contributed by atoms with E-state index in [2.05, 4.69) is 38.1 Å². The van der Waals surface area contributed by atoms with Crippen LogP contribution in [0, 0.1) is 13.8 Å². The first-order chi connectivity index (χ1) is 14.6. The first kappa shape index (κ1) is 19.6. The molecule has 7 nitrogen and oxygen atoms in total. The molecule has 4 rings (SSSR count). The summed E-state index contributed by atoms with van der Waals surface area (Å²) in [6.07, 6.45) is 0.754. The van der Waals surface area contributed by atoms with Crippen molar-refractivity contribution < 1.29 is 4.79 Å². The number of hydrogen-bond acceptors (Lipinski definition) is 5. The molecule has 0 spiro atoms. The molecule has 4 aromatic rings. The maximum Gasteiger partial charge on any atom is 0.224 e. The summed E-state index contributed by atoms with van der Waals surface area (Å²) in [5.41, 5.74) is 4.82. The van der Waals surface area contributed by atoms with E-state index in [4.69, 9.17) is 0 Å². The molecular formula is C23H24N6O. The third kappa shape index (κ3) is 4.63. The number of hydrogen-bond donors (Lipinski definition) is 2. The topological polar surface area (TPSA) is 84.2 Å². The van der Waals surface area contributed by atoms with E-state index in [1.165, 1.54) is 5.56 Å². The summed E-state index contributed by atoms with van der Waals surface area (Å²) < 4.78 is 1.69. The third-order valence-corrected chi connectivity index (χ3v) is 4.89. The Hall–Kier alpha value is -3.74. The molecule has 0 fully saturated rings. The minimum atomic E-state index is -0.0567. The summed E-state index contributed by atoms with van der Waals surface area (Å²) in [6.45, 7) is 4.66. The van der Waals surface area contributed by atoms with Crippen molar-refractivity contribution in [2.75, 3.05) is 10.6 Å². The molecule has 0 aliphatic carbocycles. The second-order valence-corrected chi connectivity index (χ2v) is 7.31. The molecule has 0 saturated carbocycles. The Bertz CT molecular complexity index is 1170. The number of aromatic nitrogens is 4. The van der Waals surface area contributed by atoms with Crippen LogP contribution in [0.3, 0.4) is 0 Å². The monoisotopic (exact) mass is 400 g/mol. The maximum atomic E-state index is 12.4. The number of nitrogens with one attached hydrogen (secondary N) is 2. The van der Waals surface area contributed by atoms with Gasteiger partial charge in [0.15, 0.2) is 11.5 Å². The summed E-state index contributed by atoms with van der Waals surface area (Å²) in [6, 6.07) is 19.9. The van der Waals surface area contributed by atoms with Crippen LogP contribution in [0.5, 0.6) is 0 Å². The number of aryl methyl sites for hydroxylation is 3. The number of carbonyl (C=O) groups excluding carboxylic acids is 1. The van der Waals surface area contributed by atoms with Gasteiger partial charge in [-0.25, -0.2) is 0 Å². The Morgan fingerprint density at radius 3 is 2.67 bits per heavy atom.